The third-order valence-electron chi connectivity index (χ3n) is 2.28. The Kier molecular flexibility index (Phi) is 3.72. The highest BCUT2D eigenvalue weighted by Gasteiger charge is 2.18. The fraction of sp³-hybridized carbons (Fsp3) is 0. The predicted octanol–water partition coefficient (Wildman–Crippen LogP) is 2.37. The van der Waals surface area contributed by atoms with Crippen LogP contribution in [0.3, 0.4) is 0 Å². The van der Waals surface area contributed by atoms with Crippen LogP contribution >= 0.6 is 15.9 Å². The number of nitrogens with two attached hydrogens (primary N) is 1. The number of benzene rings is 1. The molecule has 0 saturated carbocycles. The lowest BCUT2D eigenvalue weighted by Gasteiger charge is -2.09. The predicted molar refractivity (Wildman–Crippen MR) is 73.6 cm³/mol. The van der Waals surface area contributed by atoms with Crippen molar-refractivity contribution in [2.24, 2.45) is 0 Å². The molecular formula is C11H9BrFN3O2S. The largest absolute Gasteiger partial charge is 0.398 e. The van der Waals surface area contributed by atoms with Crippen molar-refractivity contribution in [3.8, 4) is 0 Å². The number of nitrogen functional groups attached to an aromatic ring is 1. The molecule has 0 atom stereocenters. The van der Waals surface area contributed by atoms with Crippen LogP contribution < -0.4 is 10.5 Å². The zero-order valence-corrected chi connectivity index (χ0v) is 11.9. The molecule has 5 nitrogen and oxygen atoms in total. The molecule has 0 aliphatic carbocycles. The molecular weight excluding hydrogens is 337 g/mol. The molecule has 0 radical (unpaired) electrons. The summed E-state index contributed by atoms with van der Waals surface area (Å²) in [7, 11) is -3.85. The molecule has 0 amide bonds. The fourth-order valence-electron chi connectivity index (χ4n) is 1.39. The summed E-state index contributed by atoms with van der Waals surface area (Å²) in [5.41, 5.74) is 5.89. The van der Waals surface area contributed by atoms with E-state index >= 15 is 0 Å². The van der Waals surface area contributed by atoms with Crippen LogP contribution in [-0.2, 0) is 10.0 Å². The number of hydrogen-bond donors (Lipinski definition) is 2. The van der Waals surface area contributed by atoms with E-state index in [-0.39, 0.29) is 20.7 Å². The fourth-order valence-corrected chi connectivity index (χ4v) is 2.89. The standard InChI is InChI=1S/C11H9BrFN3O2S/c12-8-5-7(1-2-9(8)13)16-19(17,18)11-6-15-4-3-10(11)14/h1-6,16H,(H2,14,15). The van der Waals surface area contributed by atoms with Gasteiger partial charge in [0.05, 0.1) is 15.8 Å². The summed E-state index contributed by atoms with van der Waals surface area (Å²) in [5, 5.41) is 0. The van der Waals surface area contributed by atoms with Crippen molar-refractivity contribution in [2.45, 2.75) is 4.90 Å². The first-order valence-electron chi connectivity index (χ1n) is 5.07. The van der Waals surface area contributed by atoms with Crippen molar-refractivity contribution in [3.05, 3.63) is 46.9 Å². The van der Waals surface area contributed by atoms with Gasteiger partial charge in [-0.15, -0.1) is 0 Å². The van der Waals surface area contributed by atoms with Crippen molar-refractivity contribution in [1.29, 1.82) is 0 Å². The van der Waals surface area contributed by atoms with Crippen LogP contribution in [-0.4, -0.2) is 13.4 Å². The Morgan fingerprint density at radius 1 is 1.32 bits per heavy atom. The lowest BCUT2D eigenvalue weighted by Crippen LogP contribution is -2.15. The molecule has 8 heteroatoms. The molecule has 0 bridgehead atoms. The van der Waals surface area contributed by atoms with E-state index in [1.165, 1.54) is 24.4 Å². The van der Waals surface area contributed by atoms with Crippen molar-refractivity contribution < 1.29 is 12.8 Å². The number of pyridine rings is 1. The molecule has 1 heterocycles. The van der Waals surface area contributed by atoms with E-state index in [1.54, 1.807) is 0 Å². The second-order valence-electron chi connectivity index (χ2n) is 3.65. The molecule has 1 aromatic carbocycles. The van der Waals surface area contributed by atoms with Crippen molar-refractivity contribution in [2.75, 3.05) is 10.5 Å². The maximum Gasteiger partial charge on any atom is 0.265 e. The van der Waals surface area contributed by atoms with Crippen LogP contribution in [0.15, 0.2) is 46.0 Å². The maximum atomic E-state index is 13.1. The normalized spacial score (nSPS) is 11.3. The highest BCUT2D eigenvalue weighted by molar-refractivity contribution is 9.10. The summed E-state index contributed by atoms with van der Waals surface area (Å²) < 4.78 is 39.7. The zero-order valence-electron chi connectivity index (χ0n) is 9.47. The van der Waals surface area contributed by atoms with Crippen molar-refractivity contribution >= 4 is 37.3 Å². The number of nitrogens with one attached hydrogen (secondary N) is 1. The van der Waals surface area contributed by atoms with Crippen LogP contribution in [0.1, 0.15) is 0 Å². The average molecular weight is 346 g/mol. The van der Waals surface area contributed by atoms with Crippen LogP contribution in [0.25, 0.3) is 0 Å². The molecule has 2 rings (SSSR count). The van der Waals surface area contributed by atoms with E-state index in [9.17, 15) is 12.8 Å². The Morgan fingerprint density at radius 3 is 2.68 bits per heavy atom. The maximum absolute atomic E-state index is 13.1. The minimum Gasteiger partial charge on any atom is -0.398 e. The van der Waals surface area contributed by atoms with E-state index in [4.69, 9.17) is 5.73 Å². The van der Waals surface area contributed by atoms with Gasteiger partial charge in [0.1, 0.15) is 10.7 Å². The second-order valence-corrected chi connectivity index (χ2v) is 6.15. The number of anilines is 2. The summed E-state index contributed by atoms with van der Waals surface area (Å²) in [6.45, 7) is 0. The van der Waals surface area contributed by atoms with Gasteiger partial charge in [0.25, 0.3) is 10.0 Å². The summed E-state index contributed by atoms with van der Waals surface area (Å²) >= 11 is 2.98. The first-order chi connectivity index (χ1) is 8.90. The molecule has 100 valence electrons. The van der Waals surface area contributed by atoms with E-state index in [0.29, 0.717) is 0 Å². The highest BCUT2D eigenvalue weighted by atomic mass is 79.9. The number of aromatic nitrogens is 1. The minimum atomic E-state index is -3.85. The Labute approximate surface area is 117 Å². The van der Waals surface area contributed by atoms with Gasteiger partial charge in [-0.25, -0.2) is 12.8 Å². The number of rotatable bonds is 3. The highest BCUT2D eigenvalue weighted by Crippen LogP contribution is 2.24. The molecule has 0 spiro atoms. The van der Waals surface area contributed by atoms with Crippen molar-refractivity contribution in [1.82, 2.24) is 4.98 Å². The van der Waals surface area contributed by atoms with Gasteiger partial charge in [0, 0.05) is 12.4 Å². The lowest BCUT2D eigenvalue weighted by molar-refractivity contribution is 0.601. The topological polar surface area (TPSA) is 85.1 Å². The van der Waals surface area contributed by atoms with Crippen LogP contribution in [0.2, 0.25) is 0 Å². The minimum absolute atomic E-state index is 0.0867. The van der Waals surface area contributed by atoms with E-state index in [2.05, 4.69) is 25.6 Å². The van der Waals surface area contributed by atoms with E-state index in [0.717, 1.165) is 12.3 Å². The van der Waals surface area contributed by atoms with Crippen LogP contribution in [0, 0.1) is 5.82 Å². The molecule has 0 aliphatic rings. The molecule has 3 N–H and O–H groups in total. The van der Waals surface area contributed by atoms with Gasteiger partial charge in [-0.2, -0.15) is 0 Å². The smallest absolute Gasteiger partial charge is 0.265 e. The first-order valence-corrected chi connectivity index (χ1v) is 7.35. The Balaban J connectivity index is 2.37. The average Bonchev–Trinajstić information content (AvgIpc) is 2.34. The molecule has 1 aromatic heterocycles. The van der Waals surface area contributed by atoms with Gasteiger partial charge in [-0.1, -0.05) is 0 Å². The van der Waals surface area contributed by atoms with E-state index < -0.39 is 15.8 Å². The SMILES string of the molecule is Nc1ccncc1S(=O)(=O)Nc1ccc(F)c(Br)c1. The molecule has 0 aliphatic heterocycles. The molecule has 0 saturated heterocycles. The molecule has 0 fully saturated rings. The summed E-state index contributed by atoms with van der Waals surface area (Å²) in [4.78, 5) is 3.59. The molecule has 2 aromatic rings. The van der Waals surface area contributed by atoms with E-state index in [1.807, 2.05) is 0 Å². The second kappa shape index (κ2) is 5.14. The summed E-state index contributed by atoms with van der Waals surface area (Å²) in [5.74, 6) is -0.483. The monoisotopic (exact) mass is 345 g/mol. The Morgan fingerprint density at radius 2 is 2.05 bits per heavy atom. The quantitative estimate of drug-likeness (QED) is 0.894. The molecule has 0 unspecified atom stereocenters. The zero-order chi connectivity index (χ0) is 14.0. The number of hydrogen-bond acceptors (Lipinski definition) is 4. The summed E-state index contributed by atoms with van der Waals surface area (Å²) in [6, 6.07) is 5.16. The third-order valence-corrected chi connectivity index (χ3v) is 4.31. The van der Waals surface area contributed by atoms with Crippen molar-refractivity contribution in [3.63, 3.8) is 0 Å². The van der Waals surface area contributed by atoms with Crippen LogP contribution in [0.5, 0.6) is 0 Å². The molecule has 19 heavy (non-hydrogen) atoms. The van der Waals surface area contributed by atoms with Crippen LogP contribution in [0.4, 0.5) is 15.8 Å². The van der Waals surface area contributed by atoms with Gasteiger partial charge in [-0.05, 0) is 40.2 Å². The Bertz CT molecular complexity index is 722. The lowest BCUT2D eigenvalue weighted by atomic mass is 10.3. The third kappa shape index (κ3) is 3.02. The number of halogens is 2. The van der Waals surface area contributed by atoms with Gasteiger partial charge in [-0.3, -0.25) is 9.71 Å². The Hall–Kier alpha value is -1.67. The van der Waals surface area contributed by atoms with Gasteiger partial charge in [0.2, 0.25) is 0 Å². The number of sulfonamides is 1. The van der Waals surface area contributed by atoms with Gasteiger partial charge >= 0.3 is 0 Å². The first kappa shape index (κ1) is 13.8. The van der Waals surface area contributed by atoms with Gasteiger partial charge < -0.3 is 5.73 Å². The van der Waals surface area contributed by atoms with Gasteiger partial charge in [0.15, 0.2) is 0 Å². The number of nitrogens with zero attached hydrogens (tertiary/aromatic N) is 1. The summed E-state index contributed by atoms with van der Waals surface area (Å²) in [6.07, 6.45) is 2.54.